The van der Waals surface area contributed by atoms with Gasteiger partial charge in [0, 0.05) is 12.5 Å². The smallest absolute Gasteiger partial charge is 0.0733 e. The Morgan fingerprint density at radius 1 is 1.24 bits per heavy atom. The summed E-state index contributed by atoms with van der Waals surface area (Å²) in [5.74, 6) is 0.497. The third-order valence-electron chi connectivity index (χ3n) is 3.35. The predicted molar refractivity (Wildman–Crippen MR) is 76.9 cm³/mol. The lowest BCUT2D eigenvalue weighted by molar-refractivity contribution is 0.665. The normalized spacial score (nSPS) is 19.7. The lowest BCUT2D eigenvalue weighted by Gasteiger charge is -2.15. The molecule has 1 nitrogen and oxygen atoms in total. The molecular weight excluding hydrogens is 294 g/mol. The Balaban J connectivity index is 2.06. The van der Waals surface area contributed by atoms with E-state index in [1.165, 1.54) is 20.5 Å². The van der Waals surface area contributed by atoms with Gasteiger partial charge in [-0.15, -0.1) is 11.3 Å². The van der Waals surface area contributed by atoms with Crippen LogP contribution < -0.4 is 5.32 Å². The van der Waals surface area contributed by atoms with E-state index < -0.39 is 0 Å². The van der Waals surface area contributed by atoms with Crippen LogP contribution in [0.3, 0.4) is 0 Å². The molecule has 0 radical (unpaired) electrons. The Kier molecular flexibility index (Phi) is 3.32. The summed E-state index contributed by atoms with van der Waals surface area (Å²) in [5, 5.41) is 5.85. The molecule has 3 rings (SSSR count). The molecule has 0 bridgehead atoms. The number of hydrogen-bond acceptors (Lipinski definition) is 2. The molecule has 0 aliphatic carbocycles. The number of benzene rings is 1. The van der Waals surface area contributed by atoms with E-state index in [9.17, 15) is 0 Å². The first-order chi connectivity index (χ1) is 8.36. The molecule has 0 saturated heterocycles. The van der Waals surface area contributed by atoms with Crippen molar-refractivity contribution in [3.63, 3.8) is 0 Å². The van der Waals surface area contributed by atoms with Crippen molar-refractivity contribution in [3.05, 3.63) is 56.2 Å². The van der Waals surface area contributed by atoms with Crippen LogP contribution >= 0.6 is 27.3 Å². The lowest BCUT2D eigenvalue weighted by Crippen LogP contribution is -2.20. The fourth-order valence-corrected chi connectivity index (χ4v) is 4.07. The number of fused-ring (bicyclic) bond motifs is 1. The summed E-state index contributed by atoms with van der Waals surface area (Å²) in [6, 6.07) is 10.8. The van der Waals surface area contributed by atoms with Gasteiger partial charge in [-0.3, -0.25) is 0 Å². The average molecular weight is 308 g/mol. The van der Waals surface area contributed by atoms with Crippen molar-refractivity contribution in [2.45, 2.75) is 12.3 Å². The summed E-state index contributed by atoms with van der Waals surface area (Å²) in [4.78, 5) is 0. The SMILES string of the molecule is Brc1scc2c1CCNCC2c1ccccc1. The minimum atomic E-state index is 0.497. The molecule has 2 aromatic rings. The van der Waals surface area contributed by atoms with Crippen LogP contribution in [0.15, 0.2) is 39.5 Å². The van der Waals surface area contributed by atoms with Gasteiger partial charge in [-0.2, -0.15) is 0 Å². The van der Waals surface area contributed by atoms with Gasteiger partial charge in [-0.25, -0.2) is 0 Å². The van der Waals surface area contributed by atoms with Gasteiger partial charge in [0.25, 0.3) is 0 Å². The minimum Gasteiger partial charge on any atom is -0.315 e. The highest BCUT2D eigenvalue weighted by atomic mass is 79.9. The zero-order chi connectivity index (χ0) is 11.7. The van der Waals surface area contributed by atoms with E-state index in [1.807, 2.05) is 11.3 Å². The second-order valence-corrected chi connectivity index (χ2v) is 6.56. The molecule has 3 heteroatoms. The molecule has 1 aromatic heterocycles. The van der Waals surface area contributed by atoms with Gasteiger partial charge in [0.1, 0.15) is 0 Å². The second kappa shape index (κ2) is 4.92. The van der Waals surface area contributed by atoms with Crippen LogP contribution in [0.5, 0.6) is 0 Å². The van der Waals surface area contributed by atoms with Gasteiger partial charge in [-0.05, 0) is 51.0 Å². The maximum absolute atomic E-state index is 3.68. The van der Waals surface area contributed by atoms with Crippen LogP contribution in [0.25, 0.3) is 0 Å². The van der Waals surface area contributed by atoms with Crippen LogP contribution in [-0.2, 0) is 6.42 Å². The van der Waals surface area contributed by atoms with E-state index in [0.717, 1.165) is 19.5 Å². The number of rotatable bonds is 1. The summed E-state index contributed by atoms with van der Waals surface area (Å²) in [6.07, 6.45) is 1.13. The van der Waals surface area contributed by atoms with E-state index in [0.29, 0.717) is 5.92 Å². The Morgan fingerprint density at radius 2 is 2.06 bits per heavy atom. The molecule has 17 heavy (non-hydrogen) atoms. The highest BCUT2D eigenvalue weighted by Gasteiger charge is 2.22. The summed E-state index contributed by atoms with van der Waals surface area (Å²) in [5.41, 5.74) is 4.40. The Bertz CT molecular complexity index is 506. The maximum Gasteiger partial charge on any atom is 0.0733 e. The Morgan fingerprint density at radius 3 is 2.88 bits per heavy atom. The average Bonchev–Trinajstić information content (AvgIpc) is 2.62. The molecule has 0 amide bonds. The molecule has 1 aliphatic heterocycles. The molecule has 88 valence electrons. The minimum absolute atomic E-state index is 0.497. The lowest BCUT2D eigenvalue weighted by atomic mass is 9.91. The molecule has 0 spiro atoms. The maximum atomic E-state index is 3.68. The fourth-order valence-electron chi connectivity index (χ4n) is 2.46. The third kappa shape index (κ3) is 2.19. The van der Waals surface area contributed by atoms with Gasteiger partial charge in [-0.1, -0.05) is 30.3 Å². The first kappa shape index (κ1) is 11.5. The van der Waals surface area contributed by atoms with Crippen molar-refractivity contribution in [2.75, 3.05) is 13.1 Å². The fraction of sp³-hybridized carbons (Fsp3) is 0.286. The number of thiophene rings is 1. The van der Waals surface area contributed by atoms with Crippen LogP contribution in [0.4, 0.5) is 0 Å². The number of hydrogen-bond donors (Lipinski definition) is 1. The summed E-state index contributed by atoms with van der Waals surface area (Å²) >= 11 is 5.49. The Hall–Kier alpha value is -0.640. The van der Waals surface area contributed by atoms with Crippen LogP contribution in [0.1, 0.15) is 22.6 Å². The van der Waals surface area contributed by atoms with Crippen molar-refractivity contribution < 1.29 is 0 Å². The van der Waals surface area contributed by atoms with E-state index in [4.69, 9.17) is 0 Å². The topological polar surface area (TPSA) is 12.0 Å². The molecular formula is C14H14BrNS. The van der Waals surface area contributed by atoms with E-state index in [2.05, 4.69) is 57.0 Å². The van der Waals surface area contributed by atoms with Gasteiger partial charge in [0.05, 0.1) is 3.79 Å². The van der Waals surface area contributed by atoms with Crippen molar-refractivity contribution in [3.8, 4) is 0 Å². The molecule has 1 atom stereocenters. The van der Waals surface area contributed by atoms with Crippen molar-refractivity contribution in [1.29, 1.82) is 0 Å². The molecule has 1 N–H and O–H groups in total. The number of halogens is 1. The third-order valence-corrected chi connectivity index (χ3v) is 5.22. The standard InChI is InChI=1S/C14H14BrNS/c15-14-11-6-7-16-8-12(13(11)9-17-14)10-4-2-1-3-5-10/h1-5,9,12,16H,6-8H2. The van der Waals surface area contributed by atoms with Crippen LogP contribution in [0.2, 0.25) is 0 Å². The van der Waals surface area contributed by atoms with Gasteiger partial charge in [0.2, 0.25) is 0 Å². The van der Waals surface area contributed by atoms with Crippen molar-refractivity contribution in [1.82, 2.24) is 5.32 Å². The molecule has 1 aliphatic rings. The number of nitrogens with one attached hydrogen (secondary N) is 1. The molecule has 0 saturated carbocycles. The highest BCUT2D eigenvalue weighted by molar-refractivity contribution is 9.11. The van der Waals surface area contributed by atoms with Gasteiger partial charge >= 0.3 is 0 Å². The summed E-state index contributed by atoms with van der Waals surface area (Å²) in [6.45, 7) is 2.12. The van der Waals surface area contributed by atoms with Gasteiger partial charge in [0.15, 0.2) is 0 Å². The monoisotopic (exact) mass is 307 g/mol. The largest absolute Gasteiger partial charge is 0.315 e. The highest BCUT2D eigenvalue weighted by Crippen LogP contribution is 2.37. The first-order valence-electron chi connectivity index (χ1n) is 5.87. The molecule has 1 unspecified atom stereocenters. The van der Waals surface area contributed by atoms with Crippen LogP contribution in [-0.4, -0.2) is 13.1 Å². The van der Waals surface area contributed by atoms with Gasteiger partial charge < -0.3 is 5.32 Å². The summed E-state index contributed by atoms with van der Waals surface area (Å²) in [7, 11) is 0. The van der Waals surface area contributed by atoms with E-state index in [-0.39, 0.29) is 0 Å². The summed E-state index contributed by atoms with van der Waals surface area (Å²) < 4.78 is 1.30. The van der Waals surface area contributed by atoms with Crippen molar-refractivity contribution in [2.24, 2.45) is 0 Å². The zero-order valence-electron chi connectivity index (χ0n) is 9.45. The first-order valence-corrected chi connectivity index (χ1v) is 7.55. The molecule has 2 heterocycles. The second-order valence-electron chi connectivity index (χ2n) is 4.36. The predicted octanol–water partition coefficient (Wildman–Crippen LogP) is 3.79. The van der Waals surface area contributed by atoms with E-state index >= 15 is 0 Å². The van der Waals surface area contributed by atoms with Crippen molar-refractivity contribution >= 4 is 27.3 Å². The van der Waals surface area contributed by atoms with Crippen LogP contribution in [0, 0.1) is 0 Å². The Labute approximate surface area is 114 Å². The molecule has 1 aromatic carbocycles. The zero-order valence-corrected chi connectivity index (χ0v) is 11.9. The quantitative estimate of drug-likeness (QED) is 0.845. The van der Waals surface area contributed by atoms with E-state index in [1.54, 1.807) is 0 Å². The molecule has 0 fully saturated rings.